The maximum Gasteiger partial charge on any atom is 0.253 e. The van der Waals surface area contributed by atoms with E-state index in [0.29, 0.717) is 30.0 Å². The molecule has 0 aliphatic carbocycles. The van der Waals surface area contributed by atoms with Crippen molar-refractivity contribution in [1.82, 2.24) is 24.8 Å². The van der Waals surface area contributed by atoms with Gasteiger partial charge in [0.2, 0.25) is 0 Å². The van der Waals surface area contributed by atoms with E-state index in [1.54, 1.807) is 12.3 Å². The SMILES string of the molecule is Cc1ccc(-c2c(C(=O)NCCN3CCCC3)cc(-c3ccnc4[nH]ccc34)n2COCC[Si](C)(C)C)c(F)c1. The van der Waals surface area contributed by atoms with Crippen LogP contribution in [0.4, 0.5) is 4.39 Å². The first kappa shape index (κ1) is 28.3. The lowest BCUT2D eigenvalue weighted by atomic mass is 10.0. The smallest absolute Gasteiger partial charge is 0.253 e. The highest BCUT2D eigenvalue weighted by Crippen LogP contribution is 2.37. The number of nitrogens with zero attached hydrogens (tertiary/aromatic N) is 3. The third kappa shape index (κ3) is 6.37. The molecule has 1 aliphatic rings. The van der Waals surface area contributed by atoms with Gasteiger partial charge in [-0.25, -0.2) is 9.37 Å². The monoisotopic (exact) mass is 561 g/mol. The van der Waals surface area contributed by atoms with E-state index in [9.17, 15) is 4.79 Å². The van der Waals surface area contributed by atoms with Gasteiger partial charge in [-0.05, 0) is 74.8 Å². The van der Waals surface area contributed by atoms with Gasteiger partial charge >= 0.3 is 0 Å². The number of hydrogen-bond acceptors (Lipinski definition) is 4. The average molecular weight is 562 g/mol. The van der Waals surface area contributed by atoms with Gasteiger partial charge in [0.05, 0.1) is 17.0 Å². The topological polar surface area (TPSA) is 75.2 Å². The Labute approximate surface area is 236 Å². The highest BCUT2D eigenvalue weighted by Gasteiger charge is 2.26. The van der Waals surface area contributed by atoms with Crippen molar-refractivity contribution in [2.75, 3.05) is 32.8 Å². The normalized spacial score (nSPS) is 14.3. The molecule has 1 aliphatic heterocycles. The predicted molar refractivity (Wildman–Crippen MR) is 162 cm³/mol. The Morgan fingerprint density at radius 2 is 1.93 bits per heavy atom. The van der Waals surface area contributed by atoms with E-state index in [1.807, 2.05) is 42.0 Å². The molecule has 0 atom stereocenters. The van der Waals surface area contributed by atoms with Crippen LogP contribution in [0.1, 0.15) is 28.8 Å². The summed E-state index contributed by atoms with van der Waals surface area (Å²) < 4.78 is 23.8. The summed E-state index contributed by atoms with van der Waals surface area (Å²) >= 11 is 0. The zero-order valence-electron chi connectivity index (χ0n) is 24.0. The number of aromatic amines is 1. The number of carbonyl (C=O) groups excluding carboxylic acids is 1. The number of aryl methyl sites for hydroxylation is 1. The van der Waals surface area contributed by atoms with E-state index in [1.165, 1.54) is 18.9 Å². The van der Waals surface area contributed by atoms with Crippen molar-refractivity contribution in [2.45, 2.75) is 52.2 Å². The van der Waals surface area contributed by atoms with Crippen molar-refractivity contribution in [3.05, 3.63) is 65.7 Å². The molecule has 4 heterocycles. The molecule has 0 bridgehead atoms. The fraction of sp³-hybridized carbons (Fsp3) is 0.419. The lowest BCUT2D eigenvalue weighted by molar-refractivity contribution is 0.0891. The van der Waals surface area contributed by atoms with Crippen molar-refractivity contribution in [3.8, 4) is 22.5 Å². The van der Waals surface area contributed by atoms with Gasteiger partial charge in [-0.2, -0.15) is 0 Å². The molecule has 2 N–H and O–H groups in total. The molecule has 0 saturated carbocycles. The van der Waals surface area contributed by atoms with Crippen LogP contribution in [0.2, 0.25) is 25.7 Å². The first-order valence-corrected chi connectivity index (χ1v) is 17.9. The highest BCUT2D eigenvalue weighted by atomic mass is 28.3. The molecule has 1 amide bonds. The van der Waals surface area contributed by atoms with Gasteiger partial charge in [0.15, 0.2) is 0 Å². The van der Waals surface area contributed by atoms with Gasteiger partial charge in [-0.15, -0.1) is 0 Å². The Kier molecular flexibility index (Phi) is 8.53. The predicted octanol–water partition coefficient (Wildman–Crippen LogP) is 6.28. The summed E-state index contributed by atoms with van der Waals surface area (Å²) in [7, 11) is -1.31. The Balaban J connectivity index is 1.59. The van der Waals surface area contributed by atoms with E-state index in [4.69, 9.17) is 4.74 Å². The summed E-state index contributed by atoms with van der Waals surface area (Å²) in [6.45, 7) is 13.1. The van der Waals surface area contributed by atoms with E-state index in [0.717, 1.165) is 53.5 Å². The number of aromatic nitrogens is 3. The summed E-state index contributed by atoms with van der Waals surface area (Å²) in [6, 6.07) is 12.0. The molecular weight excluding hydrogens is 521 g/mol. The Hall–Kier alpha value is -3.27. The molecule has 0 spiro atoms. The van der Waals surface area contributed by atoms with Crippen LogP contribution in [0.5, 0.6) is 0 Å². The second-order valence-electron chi connectivity index (χ2n) is 12.0. The number of hydrogen-bond donors (Lipinski definition) is 2. The van der Waals surface area contributed by atoms with Crippen LogP contribution in [0.15, 0.2) is 48.8 Å². The maximum absolute atomic E-state index is 15.6. The summed E-state index contributed by atoms with van der Waals surface area (Å²) in [5, 5.41) is 4.04. The molecule has 7 nitrogen and oxygen atoms in total. The van der Waals surface area contributed by atoms with Crippen LogP contribution in [0.3, 0.4) is 0 Å². The largest absolute Gasteiger partial charge is 0.361 e. The first-order chi connectivity index (χ1) is 19.2. The molecule has 40 heavy (non-hydrogen) atoms. The minimum atomic E-state index is -1.31. The molecule has 212 valence electrons. The van der Waals surface area contributed by atoms with Gasteiger partial charge in [0.1, 0.15) is 18.2 Å². The standard InChI is InChI=1S/C31H40FN5O2Si/c1-22-7-8-25(27(32)19-22)29-26(31(38)35-13-16-36-14-5-6-15-36)20-28(37(29)21-39-17-18-40(2,3)4)23-9-11-33-30-24(23)10-12-34-30/h7-12,19-20H,5-6,13-18,21H2,1-4H3,(H,33,34)(H,35,38). The van der Waals surface area contributed by atoms with Crippen LogP contribution >= 0.6 is 0 Å². The van der Waals surface area contributed by atoms with Gasteiger partial charge in [-0.1, -0.05) is 25.7 Å². The number of amides is 1. The molecule has 1 saturated heterocycles. The molecule has 0 radical (unpaired) electrons. The van der Waals surface area contributed by atoms with Crippen LogP contribution in [-0.2, 0) is 11.5 Å². The van der Waals surface area contributed by atoms with E-state index >= 15 is 4.39 Å². The summed E-state index contributed by atoms with van der Waals surface area (Å²) in [6.07, 6.45) is 6.01. The molecular formula is C31H40FN5O2Si. The third-order valence-corrected chi connectivity index (χ3v) is 9.29. The second kappa shape index (κ2) is 12.1. The van der Waals surface area contributed by atoms with Crippen molar-refractivity contribution < 1.29 is 13.9 Å². The van der Waals surface area contributed by atoms with Crippen LogP contribution in [-0.4, -0.2) is 66.2 Å². The highest BCUT2D eigenvalue weighted by molar-refractivity contribution is 6.76. The lowest BCUT2D eigenvalue weighted by Crippen LogP contribution is -2.33. The molecule has 3 aromatic heterocycles. The minimum absolute atomic E-state index is 0.206. The van der Waals surface area contributed by atoms with E-state index in [-0.39, 0.29) is 18.5 Å². The van der Waals surface area contributed by atoms with Crippen LogP contribution < -0.4 is 5.32 Å². The zero-order valence-corrected chi connectivity index (χ0v) is 25.0. The number of nitrogens with one attached hydrogen (secondary N) is 2. The number of ether oxygens (including phenoxy) is 1. The molecule has 4 aromatic rings. The Morgan fingerprint density at radius 3 is 2.67 bits per heavy atom. The number of pyridine rings is 1. The fourth-order valence-corrected chi connectivity index (χ4v) is 6.09. The first-order valence-electron chi connectivity index (χ1n) is 14.2. The lowest BCUT2D eigenvalue weighted by Gasteiger charge is -2.19. The summed E-state index contributed by atoms with van der Waals surface area (Å²) in [5.74, 6) is -0.573. The average Bonchev–Trinajstić information content (AvgIpc) is 3.66. The molecule has 1 fully saturated rings. The maximum atomic E-state index is 15.6. The molecule has 9 heteroatoms. The summed E-state index contributed by atoms with van der Waals surface area (Å²) in [5.41, 5.74) is 4.63. The number of fused-ring (bicyclic) bond motifs is 1. The third-order valence-electron chi connectivity index (χ3n) is 7.59. The van der Waals surface area contributed by atoms with Gasteiger partial charge in [0, 0.05) is 56.7 Å². The Bertz CT molecular complexity index is 1480. The number of halogens is 1. The van der Waals surface area contributed by atoms with Crippen molar-refractivity contribution in [2.24, 2.45) is 0 Å². The zero-order chi connectivity index (χ0) is 28.3. The molecule has 1 aromatic carbocycles. The second-order valence-corrected chi connectivity index (χ2v) is 17.6. The van der Waals surface area contributed by atoms with Crippen LogP contribution in [0.25, 0.3) is 33.5 Å². The van der Waals surface area contributed by atoms with E-state index < -0.39 is 8.07 Å². The summed E-state index contributed by atoms with van der Waals surface area (Å²) in [4.78, 5) is 23.7. The van der Waals surface area contributed by atoms with Crippen molar-refractivity contribution in [1.29, 1.82) is 0 Å². The quantitative estimate of drug-likeness (QED) is 0.167. The number of H-pyrrole nitrogens is 1. The number of rotatable bonds is 11. The van der Waals surface area contributed by atoms with Crippen molar-refractivity contribution in [3.63, 3.8) is 0 Å². The number of likely N-dealkylation sites (tertiary alicyclic amines) is 1. The Morgan fingerprint density at radius 1 is 1.12 bits per heavy atom. The minimum Gasteiger partial charge on any atom is -0.361 e. The number of benzene rings is 1. The van der Waals surface area contributed by atoms with Gasteiger partial charge in [-0.3, -0.25) is 4.79 Å². The molecule has 5 rings (SSSR count). The van der Waals surface area contributed by atoms with E-state index in [2.05, 4.69) is 39.8 Å². The fourth-order valence-electron chi connectivity index (χ4n) is 5.33. The van der Waals surface area contributed by atoms with Gasteiger partial charge in [0.25, 0.3) is 5.91 Å². The van der Waals surface area contributed by atoms with Gasteiger partial charge < -0.3 is 24.5 Å². The number of carbonyl (C=O) groups is 1. The van der Waals surface area contributed by atoms with Crippen molar-refractivity contribution >= 4 is 25.0 Å². The van der Waals surface area contributed by atoms with Crippen LogP contribution in [0, 0.1) is 12.7 Å². The molecule has 0 unspecified atom stereocenters.